The number of hydrogen-bond acceptors (Lipinski definition) is 6. The summed E-state index contributed by atoms with van der Waals surface area (Å²) in [5.41, 5.74) is 0.949. The Balaban J connectivity index is 1.67. The van der Waals surface area contributed by atoms with Crippen LogP contribution in [0.4, 0.5) is 0 Å². The number of ether oxygens (including phenoxy) is 2. The Morgan fingerprint density at radius 2 is 1.87 bits per heavy atom. The number of hydrogen-bond donors (Lipinski definition) is 0. The fourth-order valence-corrected chi connectivity index (χ4v) is 3.69. The third-order valence-corrected chi connectivity index (χ3v) is 5.27. The summed E-state index contributed by atoms with van der Waals surface area (Å²) in [4.78, 5) is 40.1. The maximum Gasteiger partial charge on any atom is 0.336 e. The van der Waals surface area contributed by atoms with E-state index in [1.54, 1.807) is 28.9 Å². The Labute approximate surface area is 175 Å². The molecule has 0 radical (unpaired) electrons. The first-order valence-electron chi connectivity index (χ1n) is 10.2. The topological polar surface area (TPSA) is 89.3 Å². The van der Waals surface area contributed by atoms with E-state index in [4.69, 9.17) is 13.9 Å². The largest absolute Gasteiger partial charge is 0.481 e. The summed E-state index contributed by atoms with van der Waals surface area (Å²) in [5.74, 6) is 0.256. The van der Waals surface area contributed by atoms with Gasteiger partial charge in [0.1, 0.15) is 17.9 Å². The fourth-order valence-electron chi connectivity index (χ4n) is 3.69. The van der Waals surface area contributed by atoms with Gasteiger partial charge in [0.25, 0.3) is 5.91 Å². The van der Waals surface area contributed by atoms with Crippen molar-refractivity contribution < 1.29 is 23.5 Å². The normalized spacial score (nSPS) is 15.7. The maximum atomic E-state index is 12.9. The Morgan fingerprint density at radius 3 is 2.60 bits per heavy atom. The molecular weight excluding hydrogens is 388 g/mol. The molecule has 8 nitrogen and oxygen atoms in total. The molecule has 1 fully saturated rings. The summed E-state index contributed by atoms with van der Waals surface area (Å²) in [6.45, 7) is 5.82. The van der Waals surface area contributed by atoms with E-state index in [0.717, 1.165) is 17.4 Å². The molecule has 1 aliphatic heterocycles. The number of methoxy groups -OCH3 is 1. The van der Waals surface area contributed by atoms with Crippen LogP contribution in [0.2, 0.25) is 0 Å². The first-order chi connectivity index (χ1) is 14.4. The Kier molecular flexibility index (Phi) is 7.10. The van der Waals surface area contributed by atoms with E-state index in [1.807, 2.05) is 13.0 Å². The van der Waals surface area contributed by atoms with E-state index >= 15 is 0 Å². The van der Waals surface area contributed by atoms with Crippen molar-refractivity contribution >= 4 is 22.8 Å². The highest BCUT2D eigenvalue weighted by atomic mass is 16.5. The lowest BCUT2D eigenvalue weighted by Crippen LogP contribution is -2.43. The van der Waals surface area contributed by atoms with Gasteiger partial charge >= 0.3 is 5.63 Å². The summed E-state index contributed by atoms with van der Waals surface area (Å²) in [7, 11) is 1.49. The first kappa shape index (κ1) is 21.8. The molecule has 2 heterocycles. The van der Waals surface area contributed by atoms with Gasteiger partial charge in [-0.05, 0) is 37.5 Å². The second-order valence-corrected chi connectivity index (χ2v) is 7.35. The highest BCUT2D eigenvalue weighted by Gasteiger charge is 2.26. The van der Waals surface area contributed by atoms with Gasteiger partial charge in [0.2, 0.25) is 5.91 Å². The number of benzene rings is 1. The van der Waals surface area contributed by atoms with Gasteiger partial charge in [-0.15, -0.1) is 0 Å². The smallest absolute Gasteiger partial charge is 0.336 e. The van der Waals surface area contributed by atoms with E-state index < -0.39 is 11.7 Å². The predicted molar refractivity (Wildman–Crippen MR) is 112 cm³/mol. The number of nitrogens with zero attached hydrogens (tertiary/aromatic N) is 2. The average molecular weight is 416 g/mol. The van der Waals surface area contributed by atoms with Crippen LogP contribution in [0.3, 0.4) is 0 Å². The van der Waals surface area contributed by atoms with Crippen LogP contribution in [0.15, 0.2) is 33.5 Å². The Bertz CT molecular complexity index is 970. The standard InChI is InChI=1S/C22H28N2O6/c1-4-16-12-21(26)30-19-13-17(6-7-18(16)19)29-15(2)22(27)24-9-5-8-23(10-11-24)20(25)14-28-3/h6-7,12-13,15H,4-5,8-11,14H2,1-3H3. The summed E-state index contributed by atoms with van der Waals surface area (Å²) in [6, 6.07) is 6.76. The van der Waals surface area contributed by atoms with Crippen molar-refractivity contribution in [3.8, 4) is 5.75 Å². The zero-order valence-corrected chi connectivity index (χ0v) is 17.7. The van der Waals surface area contributed by atoms with Crippen molar-refractivity contribution in [2.45, 2.75) is 32.8 Å². The molecule has 162 valence electrons. The molecule has 30 heavy (non-hydrogen) atoms. The van der Waals surface area contributed by atoms with Gasteiger partial charge in [0.05, 0.1) is 0 Å². The molecule has 0 aliphatic carbocycles. The van der Waals surface area contributed by atoms with Gasteiger partial charge in [0.15, 0.2) is 6.10 Å². The molecule has 0 spiro atoms. The molecule has 3 rings (SSSR count). The third-order valence-electron chi connectivity index (χ3n) is 5.27. The van der Waals surface area contributed by atoms with Crippen LogP contribution in [0, 0.1) is 0 Å². The van der Waals surface area contributed by atoms with Gasteiger partial charge < -0.3 is 23.7 Å². The van der Waals surface area contributed by atoms with Gasteiger partial charge in [0, 0.05) is 50.8 Å². The van der Waals surface area contributed by atoms with Gasteiger partial charge in [-0.2, -0.15) is 0 Å². The summed E-state index contributed by atoms with van der Waals surface area (Å²) in [5, 5.41) is 0.858. The molecule has 8 heteroatoms. The first-order valence-corrected chi connectivity index (χ1v) is 10.2. The minimum atomic E-state index is -0.704. The molecule has 1 aliphatic rings. The molecular formula is C22H28N2O6. The molecule has 1 aromatic heterocycles. The number of rotatable bonds is 6. The number of carbonyl (C=O) groups excluding carboxylic acids is 2. The van der Waals surface area contributed by atoms with E-state index in [1.165, 1.54) is 13.2 Å². The lowest BCUT2D eigenvalue weighted by Gasteiger charge is -2.25. The van der Waals surface area contributed by atoms with Crippen LogP contribution >= 0.6 is 0 Å². The molecule has 2 aromatic rings. The molecule has 1 aromatic carbocycles. The van der Waals surface area contributed by atoms with Gasteiger partial charge in [-0.3, -0.25) is 9.59 Å². The quantitative estimate of drug-likeness (QED) is 0.668. The third kappa shape index (κ3) is 4.99. The van der Waals surface area contributed by atoms with E-state index in [0.29, 0.717) is 43.9 Å². The minimum absolute atomic E-state index is 0.0469. The van der Waals surface area contributed by atoms with E-state index in [2.05, 4.69) is 0 Å². The van der Waals surface area contributed by atoms with Gasteiger partial charge in [-0.1, -0.05) is 6.92 Å². The zero-order chi connectivity index (χ0) is 21.7. The zero-order valence-electron chi connectivity index (χ0n) is 17.7. The van der Waals surface area contributed by atoms with E-state index in [-0.39, 0.29) is 18.4 Å². The van der Waals surface area contributed by atoms with Gasteiger partial charge in [-0.25, -0.2) is 4.79 Å². The predicted octanol–water partition coefficient (Wildman–Crippen LogP) is 1.83. The van der Waals surface area contributed by atoms with Crippen LogP contribution in [0.5, 0.6) is 5.75 Å². The van der Waals surface area contributed by atoms with Crippen LogP contribution in [-0.2, 0) is 20.7 Å². The molecule has 0 N–H and O–H groups in total. The summed E-state index contributed by atoms with van der Waals surface area (Å²) >= 11 is 0. The van der Waals surface area contributed by atoms with Crippen LogP contribution < -0.4 is 10.4 Å². The summed E-state index contributed by atoms with van der Waals surface area (Å²) < 4.78 is 16.1. The van der Waals surface area contributed by atoms with Crippen molar-refractivity contribution in [1.29, 1.82) is 0 Å². The number of aryl methyl sites for hydroxylation is 1. The number of carbonyl (C=O) groups is 2. The average Bonchev–Trinajstić information content (AvgIpc) is 2.98. The van der Waals surface area contributed by atoms with Crippen LogP contribution in [0.25, 0.3) is 11.0 Å². The number of amides is 2. The van der Waals surface area contributed by atoms with Crippen molar-refractivity contribution in [2.75, 3.05) is 39.9 Å². The molecule has 0 saturated carbocycles. The highest BCUT2D eigenvalue weighted by Crippen LogP contribution is 2.24. The lowest BCUT2D eigenvalue weighted by atomic mass is 10.1. The molecule has 1 unspecified atom stereocenters. The van der Waals surface area contributed by atoms with Crippen LogP contribution in [0.1, 0.15) is 25.8 Å². The maximum absolute atomic E-state index is 12.9. The number of fused-ring (bicyclic) bond motifs is 1. The van der Waals surface area contributed by atoms with E-state index in [9.17, 15) is 14.4 Å². The highest BCUT2D eigenvalue weighted by molar-refractivity contribution is 5.83. The SMILES string of the molecule is CCc1cc(=O)oc2cc(OC(C)C(=O)N3CCCN(C(=O)COC)CC3)ccc12. The summed E-state index contributed by atoms with van der Waals surface area (Å²) in [6.07, 6.45) is 0.718. The lowest BCUT2D eigenvalue weighted by molar-refractivity contribution is -0.139. The Hall–Kier alpha value is -2.87. The molecule has 2 amide bonds. The second-order valence-electron chi connectivity index (χ2n) is 7.35. The fraction of sp³-hybridized carbons (Fsp3) is 0.500. The molecule has 0 bridgehead atoms. The Morgan fingerprint density at radius 1 is 1.13 bits per heavy atom. The molecule has 1 atom stereocenters. The van der Waals surface area contributed by atoms with Crippen molar-refractivity contribution in [3.63, 3.8) is 0 Å². The minimum Gasteiger partial charge on any atom is -0.481 e. The van der Waals surface area contributed by atoms with Crippen molar-refractivity contribution in [3.05, 3.63) is 40.2 Å². The molecule has 1 saturated heterocycles. The van der Waals surface area contributed by atoms with Crippen molar-refractivity contribution in [2.24, 2.45) is 0 Å². The van der Waals surface area contributed by atoms with Crippen molar-refractivity contribution in [1.82, 2.24) is 9.80 Å². The van der Waals surface area contributed by atoms with Crippen LogP contribution in [-0.4, -0.2) is 67.6 Å². The monoisotopic (exact) mass is 416 g/mol. The second kappa shape index (κ2) is 9.75.